The minimum Gasteiger partial charge on any atom is -0.360 e. The van der Waals surface area contributed by atoms with E-state index >= 15 is 0 Å². The number of likely N-dealkylation sites (N-methyl/N-ethyl adjacent to an activating group) is 1. The molecule has 1 aliphatic rings. The van der Waals surface area contributed by atoms with E-state index in [0.717, 1.165) is 25.3 Å². The molecule has 0 atom stereocenters. The van der Waals surface area contributed by atoms with E-state index in [1.54, 1.807) is 0 Å². The van der Waals surface area contributed by atoms with Crippen molar-refractivity contribution < 1.29 is 0 Å². The molecule has 56 valence electrons. The van der Waals surface area contributed by atoms with Crippen LogP contribution in [-0.4, -0.2) is 30.9 Å². The van der Waals surface area contributed by atoms with Crippen LogP contribution >= 0.6 is 0 Å². The third-order valence-corrected chi connectivity index (χ3v) is 1.73. The highest BCUT2D eigenvalue weighted by atomic mass is 15.1. The van der Waals surface area contributed by atoms with E-state index in [0.29, 0.717) is 0 Å². The summed E-state index contributed by atoms with van der Waals surface area (Å²) < 4.78 is 0. The lowest BCUT2D eigenvalue weighted by molar-refractivity contribution is 0.552. The lowest BCUT2D eigenvalue weighted by Crippen LogP contribution is -2.25. The van der Waals surface area contributed by atoms with E-state index in [2.05, 4.69) is 36.0 Å². The van der Waals surface area contributed by atoms with Crippen molar-refractivity contribution in [2.45, 2.75) is 13.3 Å². The van der Waals surface area contributed by atoms with Crippen LogP contribution in [0.15, 0.2) is 17.1 Å². The fraction of sp³-hybridized carbons (Fsp3) is 0.625. The summed E-state index contributed by atoms with van der Waals surface area (Å²) >= 11 is 0. The fourth-order valence-corrected chi connectivity index (χ4v) is 0.904. The highest BCUT2D eigenvalue weighted by molar-refractivity contribution is 5.79. The van der Waals surface area contributed by atoms with Crippen LogP contribution in [0.25, 0.3) is 0 Å². The molecule has 0 aromatic heterocycles. The van der Waals surface area contributed by atoms with Crippen LogP contribution in [0, 0.1) is 0 Å². The van der Waals surface area contributed by atoms with Crippen molar-refractivity contribution in [3.8, 4) is 0 Å². The van der Waals surface area contributed by atoms with Crippen molar-refractivity contribution in [3.05, 3.63) is 12.2 Å². The van der Waals surface area contributed by atoms with Crippen LogP contribution in [0.1, 0.15) is 13.3 Å². The van der Waals surface area contributed by atoms with Crippen molar-refractivity contribution in [1.82, 2.24) is 4.90 Å². The molecule has 0 aromatic carbocycles. The first-order valence-electron chi connectivity index (χ1n) is 3.68. The van der Waals surface area contributed by atoms with E-state index in [1.807, 2.05) is 0 Å². The second kappa shape index (κ2) is 3.40. The molecule has 0 unspecified atom stereocenters. The van der Waals surface area contributed by atoms with Gasteiger partial charge in [-0.1, -0.05) is 12.2 Å². The Morgan fingerprint density at radius 3 is 3.10 bits per heavy atom. The van der Waals surface area contributed by atoms with Crippen LogP contribution in [0.5, 0.6) is 0 Å². The highest BCUT2D eigenvalue weighted by Gasteiger charge is 1.98. The van der Waals surface area contributed by atoms with E-state index in [9.17, 15) is 0 Å². The Labute approximate surface area is 62.3 Å². The molecule has 1 rings (SSSR count). The molecule has 0 radical (unpaired) electrons. The van der Waals surface area contributed by atoms with E-state index in [4.69, 9.17) is 0 Å². The van der Waals surface area contributed by atoms with Gasteiger partial charge in [0.2, 0.25) is 0 Å². The number of amidine groups is 1. The van der Waals surface area contributed by atoms with Gasteiger partial charge in [0.25, 0.3) is 0 Å². The monoisotopic (exact) mass is 138 g/mol. The van der Waals surface area contributed by atoms with Gasteiger partial charge in [-0.25, -0.2) is 0 Å². The Balaban J connectivity index is 2.56. The predicted molar refractivity (Wildman–Crippen MR) is 44.4 cm³/mol. The SMILES string of the molecule is C/C1=N/CC/C=C\CN1C. The number of aliphatic imine (C=N–C) groups is 1. The molecule has 0 aromatic rings. The zero-order chi connectivity index (χ0) is 7.40. The van der Waals surface area contributed by atoms with Gasteiger partial charge in [-0.3, -0.25) is 4.99 Å². The van der Waals surface area contributed by atoms with Gasteiger partial charge in [0.1, 0.15) is 0 Å². The second-order valence-electron chi connectivity index (χ2n) is 2.57. The lowest BCUT2D eigenvalue weighted by Gasteiger charge is -2.17. The molecule has 0 saturated carbocycles. The van der Waals surface area contributed by atoms with Gasteiger partial charge in [-0.15, -0.1) is 0 Å². The molecule has 0 fully saturated rings. The predicted octanol–water partition coefficient (Wildman–Crippen LogP) is 1.30. The van der Waals surface area contributed by atoms with Gasteiger partial charge in [0.15, 0.2) is 0 Å². The molecule has 0 saturated heterocycles. The molecule has 10 heavy (non-hydrogen) atoms. The van der Waals surface area contributed by atoms with Gasteiger partial charge in [-0.2, -0.15) is 0 Å². The summed E-state index contributed by atoms with van der Waals surface area (Å²) in [5.74, 6) is 1.14. The van der Waals surface area contributed by atoms with Crippen LogP contribution < -0.4 is 0 Å². The summed E-state index contributed by atoms with van der Waals surface area (Å²) in [5.41, 5.74) is 0. The van der Waals surface area contributed by atoms with E-state index in [-0.39, 0.29) is 0 Å². The Morgan fingerprint density at radius 2 is 2.30 bits per heavy atom. The van der Waals surface area contributed by atoms with E-state index < -0.39 is 0 Å². The fourth-order valence-electron chi connectivity index (χ4n) is 0.904. The normalized spacial score (nSPS) is 28.2. The minimum absolute atomic E-state index is 0.937. The van der Waals surface area contributed by atoms with Crippen LogP contribution in [-0.2, 0) is 0 Å². The number of rotatable bonds is 0. The van der Waals surface area contributed by atoms with Crippen LogP contribution in [0.2, 0.25) is 0 Å². The molecular formula is C8H14N2. The van der Waals surface area contributed by atoms with Crippen molar-refractivity contribution in [1.29, 1.82) is 0 Å². The maximum atomic E-state index is 4.36. The average molecular weight is 138 g/mol. The maximum Gasteiger partial charge on any atom is 0.0957 e. The topological polar surface area (TPSA) is 15.6 Å². The Bertz CT molecular complexity index is 159. The molecule has 0 bridgehead atoms. The molecule has 0 amide bonds. The molecule has 2 nitrogen and oxygen atoms in total. The first kappa shape index (κ1) is 7.32. The molecular weight excluding hydrogens is 124 g/mol. The summed E-state index contributed by atoms with van der Waals surface area (Å²) in [6, 6.07) is 0. The molecule has 2 heteroatoms. The number of nitrogens with zero attached hydrogens (tertiary/aromatic N) is 2. The summed E-state index contributed by atoms with van der Waals surface area (Å²) in [4.78, 5) is 6.50. The molecule has 1 heterocycles. The second-order valence-corrected chi connectivity index (χ2v) is 2.57. The van der Waals surface area contributed by atoms with Crippen LogP contribution in [0.3, 0.4) is 0 Å². The maximum absolute atomic E-state index is 4.36. The highest BCUT2D eigenvalue weighted by Crippen LogP contribution is 1.95. The molecule has 0 N–H and O–H groups in total. The van der Waals surface area contributed by atoms with Crippen molar-refractivity contribution in [2.24, 2.45) is 4.99 Å². The number of hydrogen-bond acceptors (Lipinski definition) is 2. The number of hydrogen-bond donors (Lipinski definition) is 0. The average Bonchev–Trinajstić information content (AvgIpc) is 1.92. The van der Waals surface area contributed by atoms with Crippen molar-refractivity contribution in [2.75, 3.05) is 20.1 Å². The lowest BCUT2D eigenvalue weighted by atomic mass is 10.3. The molecule has 1 aliphatic heterocycles. The third-order valence-electron chi connectivity index (χ3n) is 1.73. The Kier molecular flexibility index (Phi) is 2.49. The van der Waals surface area contributed by atoms with Crippen LogP contribution in [0.4, 0.5) is 0 Å². The summed E-state index contributed by atoms with van der Waals surface area (Å²) in [5, 5.41) is 0. The Morgan fingerprint density at radius 1 is 1.50 bits per heavy atom. The first-order valence-corrected chi connectivity index (χ1v) is 3.68. The summed E-state index contributed by atoms with van der Waals surface area (Å²) in [6.07, 6.45) is 5.47. The zero-order valence-electron chi connectivity index (χ0n) is 6.67. The standard InChI is InChI=1S/C8H14N2/c1-8-9-6-4-3-5-7-10(8)2/h3,5H,4,6-7H2,1-2H3/b5-3-,9-8-. The van der Waals surface area contributed by atoms with E-state index in [1.165, 1.54) is 0 Å². The van der Waals surface area contributed by atoms with Gasteiger partial charge < -0.3 is 4.90 Å². The third kappa shape index (κ3) is 1.87. The zero-order valence-corrected chi connectivity index (χ0v) is 6.67. The largest absolute Gasteiger partial charge is 0.360 e. The summed E-state index contributed by atoms with van der Waals surface area (Å²) in [6.45, 7) is 3.99. The quantitative estimate of drug-likeness (QED) is 0.461. The van der Waals surface area contributed by atoms with Gasteiger partial charge in [0.05, 0.1) is 5.84 Å². The van der Waals surface area contributed by atoms with Crippen molar-refractivity contribution >= 4 is 5.84 Å². The Hall–Kier alpha value is -0.790. The first-order chi connectivity index (χ1) is 4.80. The van der Waals surface area contributed by atoms with Gasteiger partial charge in [-0.05, 0) is 13.3 Å². The minimum atomic E-state index is 0.937. The van der Waals surface area contributed by atoms with Gasteiger partial charge >= 0.3 is 0 Å². The molecule has 0 aliphatic carbocycles. The summed E-state index contributed by atoms with van der Waals surface area (Å²) in [7, 11) is 2.06. The smallest absolute Gasteiger partial charge is 0.0957 e. The van der Waals surface area contributed by atoms with Gasteiger partial charge in [0, 0.05) is 20.1 Å². The molecule has 0 spiro atoms. The van der Waals surface area contributed by atoms with Crippen molar-refractivity contribution in [3.63, 3.8) is 0 Å².